The summed E-state index contributed by atoms with van der Waals surface area (Å²) in [6.45, 7) is 0. The van der Waals surface area contributed by atoms with Crippen molar-refractivity contribution in [1.82, 2.24) is 15.4 Å². The van der Waals surface area contributed by atoms with Gasteiger partial charge in [0.2, 0.25) is 0 Å². The Labute approximate surface area is 199 Å². The lowest BCUT2D eigenvalue weighted by molar-refractivity contribution is -0.118. The van der Waals surface area contributed by atoms with E-state index in [2.05, 4.69) is 15.5 Å². The molecule has 0 bridgehead atoms. The number of H-pyrrole nitrogens is 1. The zero-order valence-electron chi connectivity index (χ0n) is 16.8. The molecule has 0 saturated heterocycles. The fourth-order valence-electron chi connectivity index (χ4n) is 2.98. The molecule has 2 N–H and O–H groups in total. The van der Waals surface area contributed by atoms with Crippen LogP contribution in [0.15, 0.2) is 89.1 Å². The number of hydrazone groups is 1. The first-order valence-electron chi connectivity index (χ1n) is 9.71. The minimum absolute atomic E-state index is 0.161. The zero-order valence-corrected chi connectivity index (χ0v) is 19.1. The standard InChI is InChI=1S/C24H18Cl2N4OS/c25-19-12-11-16(13-20(19)26)14-27-30-21(31)15-32-24-28-22(17-7-3-1-4-8-17)23(29-24)18-9-5-2-6-10-18/h1-14H,15H2,(H,28,29)(H,30,31)/b27-14+. The Kier molecular flexibility index (Phi) is 7.27. The number of nitrogens with zero attached hydrogens (tertiary/aromatic N) is 2. The molecule has 1 heterocycles. The molecule has 4 rings (SSSR count). The molecule has 0 unspecified atom stereocenters. The highest BCUT2D eigenvalue weighted by Crippen LogP contribution is 2.32. The monoisotopic (exact) mass is 480 g/mol. The number of aromatic amines is 1. The topological polar surface area (TPSA) is 70.1 Å². The SMILES string of the molecule is O=C(CSc1nc(-c2ccccc2)c(-c2ccccc2)[nH]1)N/N=C/c1ccc(Cl)c(Cl)c1. The van der Waals surface area contributed by atoms with Crippen LogP contribution in [-0.2, 0) is 4.79 Å². The average Bonchev–Trinajstić information content (AvgIpc) is 3.26. The highest BCUT2D eigenvalue weighted by Gasteiger charge is 2.15. The van der Waals surface area contributed by atoms with Crippen LogP contribution in [0.3, 0.4) is 0 Å². The number of imidazole rings is 1. The molecule has 0 radical (unpaired) electrons. The summed E-state index contributed by atoms with van der Waals surface area (Å²) < 4.78 is 0. The van der Waals surface area contributed by atoms with Gasteiger partial charge in [-0.15, -0.1) is 0 Å². The first-order chi connectivity index (χ1) is 15.6. The fourth-order valence-corrected chi connectivity index (χ4v) is 3.95. The van der Waals surface area contributed by atoms with E-state index in [4.69, 9.17) is 28.2 Å². The van der Waals surface area contributed by atoms with Gasteiger partial charge in [-0.25, -0.2) is 10.4 Å². The van der Waals surface area contributed by atoms with Crippen LogP contribution < -0.4 is 5.43 Å². The maximum atomic E-state index is 12.2. The van der Waals surface area contributed by atoms with Crippen LogP contribution >= 0.6 is 35.0 Å². The molecule has 8 heteroatoms. The molecular weight excluding hydrogens is 463 g/mol. The Morgan fingerprint density at radius 1 is 0.969 bits per heavy atom. The van der Waals surface area contributed by atoms with Crippen molar-refractivity contribution in [3.8, 4) is 22.5 Å². The maximum Gasteiger partial charge on any atom is 0.250 e. The Morgan fingerprint density at radius 2 is 1.66 bits per heavy atom. The molecule has 0 saturated carbocycles. The molecule has 0 atom stereocenters. The van der Waals surface area contributed by atoms with Gasteiger partial charge in [-0.05, 0) is 17.7 Å². The molecule has 160 valence electrons. The minimum atomic E-state index is -0.245. The third-order valence-corrected chi connectivity index (χ3v) is 6.09. The van der Waals surface area contributed by atoms with E-state index < -0.39 is 0 Å². The zero-order chi connectivity index (χ0) is 22.3. The molecular formula is C24H18Cl2N4OS. The predicted molar refractivity (Wildman–Crippen MR) is 132 cm³/mol. The van der Waals surface area contributed by atoms with Gasteiger partial charge in [0.15, 0.2) is 5.16 Å². The van der Waals surface area contributed by atoms with Crippen molar-refractivity contribution in [2.45, 2.75) is 5.16 Å². The van der Waals surface area contributed by atoms with Crippen molar-refractivity contribution in [2.75, 3.05) is 5.75 Å². The minimum Gasteiger partial charge on any atom is -0.332 e. The number of amides is 1. The molecule has 0 aliphatic heterocycles. The maximum absolute atomic E-state index is 12.2. The number of nitrogens with one attached hydrogen (secondary N) is 2. The van der Waals surface area contributed by atoms with Crippen molar-refractivity contribution in [3.05, 3.63) is 94.5 Å². The second-order valence-corrected chi connectivity index (χ2v) is 8.53. The van der Waals surface area contributed by atoms with Gasteiger partial charge in [-0.2, -0.15) is 5.10 Å². The van der Waals surface area contributed by atoms with Crippen molar-refractivity contribution >= 4 is 47.1 Å². The number of hydrogen-bond donors (Lipinski definition) is 2. The van der Waals surface area contributed by atoms with E-state index in [0.29, 0.717) is 15.2 Å². The predicted octanol–water partition coefficient (Wildman–Crippen LogP) is 6.29. The average molecular weight is 481 g/mol. The second kappa shape index (κ2) is 10.5. The van der Waals surface area contributed by atoms with Crippen molar-refractivity contribution in [3.63, 3.8) is 0 Å². The van der Waals surface area contributed by atoms with Crippen LogP contribution in [0.2, 0.25) is 10.0 Å². The number of hydrogen-bond acceptors (Lipinski definition) is 4. The lowest BCUT2D eigenvalue weighted by Crippen LogP contribution is -2.19. The number of halogens is 2. The third kappa shape index (κ3) is 5.59. The summed E-state index contributed by atoms with van der Waals surface area (Å²) in [6.07, 6.45) is 1.51. The second-order valence-electron chi connectivity index (χ2n) is 6.75. The molecule has 0 fully saturated rings. The molecule has 3 aromatic carbocycles. The van der Waals surface area contributed by atoms with Crippen molar-refractivity contribution in [1.29, 1.82) is 0 Å². The van der Waals surface area contributed by atoms with Crippen LogP contribution in [0, 0.1) is 0 Å². The summed E-state index contributed by atoms with van der Waals surface area (Å²) in [4.78, 5) is 20.3. The number of carbonyl (C=O) groups is 1. The molecule has 0 spiro atoms. The number of benzene rings is 3. The molecule has 32 heavy (non-hydrogen) atoms. The third-order valence-electron chi connectivity index (χ3n) is 4.48. The Hall–Kier alpha value is -3.06. The first kappa shape index (κ1) is 22.1. The quantitative estimate of drug-likeness (QED) is 0.185. The Balaban J connectivity index is 1.44. The molecule has 1 aromatic heterocycles. The fraction of sp³-hybridized carbons (Fsp3) is 0.0417. The molecule has 4 aromatic rings. The van der Waals surface area contributed by atoms with Crippen LogP contribution in [0.1, 0.15) is 5.56 Å². The van der Waals surface area contributed by atoms with E-state index >= 15 is 0 Å². The summed E-state index contributed by atoms with van der Waals surface area (Å²) in [7, 11) is 0. The number of rotatable bonds is 7. The van der Waals surface area contributed by atoms with E-state index in [1.54, 1.807) is 18.2 Å². The highest BCUT2D eigenvalue weighted by atomic mass is 35.5. The Bertz CT molecular complexity index is 1190. The van der Waals surface area contributed by atoms with E-state index in [1.807, 2.05) is 60.7 Å². The van der Waals surface area contributed by atoms with Crippen molar-refractivity contribution in [2.24, 2.45) is 5.10 Å². The van der Waals surface area contributed by atoms with Crippen molar-refractivity contribution < 1.29 is 4.79 Å². The van der Waals surface area contributed by atoms with Crippen LogP contribution in [0.4, 0.5) is 0 Å². The van der Waals surface area contributed by atoms with Crippen LogP contribution in [-0.4, -0.2) is 27.8 Å². The highest BCUT2D eigenvalue weighted by molar-refractivity contribution is 7.99. The van der Waals surface area contributed by atoms with E-state index in [-0.39, 0.29) is 11.7 Å². The summed E-state index contributed by atoms with van der Waals surface area (Å²) in [5.41, 5.74) is 7.04. The molecule has 5 nitrogen and oxygen atoms in total. The normalized spacial score (nSPS) is 11.1. The Morgan fingerprint density at radius 3 is 2.34 bits per heavy atom. The van der Waals surface area contributed by atoms with Gasteiger partial charge < -0.3 is 4.98 Å². The van der Waals surface area contributed by atoms with Gasteiger partial charge in [-0.1, -0.05) is 102 Å². The van der Waals surface area contributed by atoms with Gasteiger partial charge >= 0.3 is 0 Å². The first-order valence-corrected chi connectivity index (χ1v) is 11.4. The van der Waals surface area contributed by atoms with Gasteiger partial charge in [0, 0.05) is 11.1 Å². The molecule has 0 aliphatic rings. The lowest BCUT2D eigenvalue weighted by Gasteiger charge is -2.02. The molecule has 0 aliphatic carbocycles. The smallest absolute Gasteiger partial charge is 0.250 e. The van der Waals surface area contributed by atoms with Gasteiger partial charge in [-0.3, -0.25) is 4.79 Å². The number of aromatic nitrogens is 2. The summed E-state index contributed by atoms with van der Waals surface area (Å²) in [5.74, 6) is -0.0838. The number of carbonyl (C=O) groups excluding carboxylic acids is 1. The van der Waals surface area contributed by atoms with Gasteiger partial charge in [0.1, 0.15) is 0 Å². The summed E-state index contributed by atoms with van der Waals surface area (Å²) in [5, 5.41) is 5.53. The molecule has 1 amide bonds. The van der Waals surface area contributed by atoms with Crippen LogP contribution in [0.25, 0.3) is 22.5 Å². The van der Waals surface area contributed by atoms with E-state index in [0.717, 1.165) is 28.1 Å². The lowest BCUT2D eigenvalue weighted by atomic mass is 10.1. The summed E-state index contributed by atoms with van der Waals surface area (Å²) >= 11 is 13.2. The van der Waals surface area contributed by atoms with E-state index in [1.165, 1.54) is 18.0 Å². The van der Waals surface area contributed by atoms with Gasteiger partial charge in [0.25, 0.3) is 5.91 Å². The number of thioether (sulfide) groups is 1. The van der Waals surface area contributed by atoms with Gasteiger partial charge in [0.05, 0.1) is 33.4 Å². The summed E-state index contributed by atoms with van der Waals surface area (Å²) in [6, 6.07) is 25.1. The van der Waals surface area contributed by atoms with Crippen LogP contribution in [0.5, 0.6) is 0 Å². The largest absolute Gasteiger partial charge is 0.332 e. The van der Waals surface area contributed by atoms with E-state index in [9.17, 15) is 4.79 Å².